The molecular formula is C10H12BrN3O. The quantitative estimate of drug-likeness (QED) is 0.579. The number of nitrogens with two attached hydrogens (primary N) is 1. The molecule has 1 aromatic heterocycles. The molecule has 0 aliphatic carbocycles. The van der Waals surface area contributed by atoms with Crippen LogP contribution in [0.5, 0.6) is 0 Å². The van der Waals surface area contributed by atoms with E-state index in [1.165, 1.54) is 0 Å². The molecule has 0 atom stereocenters. The highest BCUT2D eigenvalue weighted by molar-refractivity contribution is 5.77. The topological polar surface area (TPSA) is 51.9 Å². The minimum atomic E-state index is -0.327. The highest BCUT2D eigenvalue weighted by Gasteiger charge is 2.13. The number of nitrogens with zero attached hydrogens (tertiary/aromatic N) is 2. The van der Waals surface area contributed by atoms with Crippen molar-refractivity contribution in [2.75, 3.05) is 0 Å². The van der Waals surface area contributed by atoms with Crippen LogP contribution < -0.4 is 27.3 Å². The van der Waals surface area contributed by atoms with Gasteiger partial charge in [-0.05, 0) is 12.1 Å². The van der Waals surface area contributed by atoms with Gasteiger partial charge in [0.15, 0.2) is 17.6 Å². The Kier molecular flexibility index (Phi) is 3.47. The molecule has 1 aromatic carbocycles. The smallest absolute Gasteiger partial charge is 0.259 e. The summed E-state index contributed by atoms with van der Waals surface area (Å²) in [6.07, 6.45) is 1.87. The van der Waals surface area contributed by atoms with Crippen LogP contribution in [0.3, 0.4) is 0 Å². The molecule has 0 radical (unpaired) electrons. The Balaban J connectivity index is 0.00000112. The Morgan fingerprint density at radius 1 is 1.47 bits per heavy atom. The second-order valence-electron chi connectivity index (χ2n) is 3.31. The van der Waals surface area contributed by atoms with Crippen molar-refractivity contribution < 1.29 is 26.3 Å². The molecule has 0 aliphatic heterocycles. The van der Waals surface area contributed by atoms with Crippen LogP contribution >= 0.6 is 0 Å². The zero-order chi connectivity index (χ0) is 10.1. The van der Waals surface area contributed by atoms with E-state index in [4.69, 9.17) is 5.73 Å². The summed E-state index contributed by atoms with van der Waals surface area (Å²) in [6.45, 7) is 0.224. The zero-order valence-corrected chi connectivity index (χ0v) is 9.94. The average Bonchev–Trinajstić information content (AvgIpc) is 2.44. The molecule has 0 bridgehead atoms. The van der Waals surface area contributed by atoms with Crippen LogP contribution in [-0.2, 0) is 18.4 Å². The van der Waals surface area contributed by atoms with E-state index < -0.39 is 0 Å². The Morgan fingerprint density at radius 2 is 2.13 bits per heavy atom. The molecule has 0 saturated carbocycles. The fourth-order valence-electron chi connectivity index (χ4n) is 1.63. The van der Waals surface area contributed by atoms with Gasteiger partial charge in [0.2, 0.25) is 6.33 Å². The number of hydrogen-bond acceptors (Lipinski definition) is 1. The number of amides is 1. The van der Waals surface area contributed by atoms with Crippen molar-refractivity contribution in [2.24, 2.45) is 12.8 Å². The first-order chi connectivity index (χ1) is 6.68. The van der Waals surface area contributed by atoms with Gasteiger partial charge in [-0.15, -0.1) is 0 Å². The van der Waals surface area contributed by atoms with Gasteiger partial charge >= 0.3 is 0 Å². The Bertz CT molecular complexity index is 492. The minimum absolute atomic E-state index is 0. The van der Waals surface area contributed by atoms with E-state index in [1.54, 1.807) is 0 Å². The third kappa shape index (κ3) is 2.18. The summed E-state index contributed by atoms with van der Waals surface area (Å²) in [5.41, 5.74) is 7.27. The predicted octanol–water partition coefficient (Wildman–Crippen LogP) is -3.04. The van der Waals surface area contributed by atoms with Gasteiger partial charge in [-0.1, -0.05) is 12.1 Å². The summed E-state index contributed by atoms with van der Waals surface area (Å²) in [6, 6.07) is 7.89. The third-order valence-corrected chi connectivity index (χ3v) is 2.21. The number of rotatable bonds is 2. The maximum absolute atomic E-state index is 10.8. The fraction of sp³-hybridized carbons (Fsp3) is 0.200. The first-order valence-electron chi connectivity index (χ1n) is 4.40. The molecule has 0 aliphatic rings. The SMILES string of the molecule is C[n+]1cn(CC(N)=O)c2ccccc21.[Br-]. The second kappa shape index (κ2) is 4.44. The van der Waals surface area contributed by atoms with Gasteiger partial charge in [0.1, 0.15) is 0 Å². The van der Waals surface area contributed by atoms with Crippen LogP contribution in [0.15, 0.2) is 30.6 Å². The van der Waals surface area contributed by atoms with Gasteiger partial charge in [0.25, 0.3) is 5.91 Å². The molecule has 80 valence electrons. The van der Waals surface area contributed by atoms with E-state index in [1.807, 2.05) is 46.8 Å². The van der Waals surface area contributed by atoms with Crippen LogP contribution in [0.25, 0.3) is 11.0 Å². The molecule has 0 saturated heterocycles. The molecule has 2 N–H and O–H groups in total. The molecule has 1 amide bonds. The van der Waals surface area contributed by atoms with E-state index in [0.29, 0.717) is 0 Å². The number of imidazole rings is 1. The number of carbonyl (C=O) groups is 1. The maximum Gasteiger partial charge on any atom is 0.259 e. The zero-order valence-electron chi connectivity index (χ0n) is 8.35. The highest BCUT2D eigenvalue weighted by Crippen LogP contribution is 2.09. The molecule has 2 rings (SSSR count). The van der Waals surface area contributed by atoms with Crippen LogP contribution in [0.1, 0.15) is 0 Å². The number of fused-ring (bicyclic) bond motifs is 1. The van der Waals surface area contributed by atoms with Gasteiger partial charge in [-0.3, -0.25) is 4.79 Å². The molecule has 15 heavy (non-hydrogen) atoms. The molecule has 0 spiro atoms. The predicted molar refractivity (Wildman–Crippen MR) is 52.3 cm³/mol. The highest BCUT2D eigenvalue weighted by atomic mass is 79.9. The Labute approximate surface area is 98.1 Å². The summed E-state index contributed by atoms with van der Waals surface area (Å²) in [4.78, 5) is 10.8. The van der Waals surface area contributed by atoms with Crippen molar-refractivity contribution in [1.29, 1.82) is 0 Å². The third-order valence-electron chi connectivity index (χ3n) is 2.21. The first-order valence-corrected chi connectivity index (χ1v) is 4.40. The van der Waals surface area contributed by atoms with Crippen LogP contribution in [0.4, 0.5) is 0 Å². The maximum atomic E-state index is 10.8. The number of primary amides is 1. The summed E-state index contributed by atoms with van der Waals surface area (Å²) in [7, 11) is 1.94. The normalized spacial score (nSPS) is 9.93. The number of hydrogen-bond donors (Lipinski definition) is 1. The summed E-state index contributed by atoms with van der Waals surface area (Å²) in [5.74, 6) is -0.327. The number of benzene rings is 1. The molecule has 5 heteroatoms. The lowest BCUT2D eigenvalue weighted by atomic mass is 10.3. The van der Waals surface area contributed by atoms with Crippen LogP contribution in [0.2, 0.25) is 0 Å². The lowest BCUT2D eigenvalue weighted by Gasteiger charge is -1.91. The Morgan fingerprint density at radius 3 is 2.80 bits per heavy atom. The monoisotopic (exact) mass is 269 g/mol. The van der Waals surface area contributed by atoms with Crippen LogP contribution in [0, 0.1) is 0 Å². The molecule has 4 nitrogen and oxygen atoms in total. The number of carbonyl (C=O) groups excluding carboxylic acids is 1. The van der Waals surface area contributed by atoms with E-state index in [0.717, 1.165) is 11.0 Å². The lowest BCUT2D eigenvalue weighted by Crippen LogP contribution is -3.00. The molecule has 2 aromatic rings. The van der Waals surface area contributed by atoms with Crippen molar-refractivity contribution in [1.82, 2.24) is 4.57 Å². The largest absolute Gasteiger partial charge is 1.00 e. The minimum Gasteiger partial charge on any atom is -1.00 e. The number of aryl methyl sites for hydroxylation is 1. The lowest BCUT2D eigenvalue weighted by molar-refractivity contribution is -0.645. The van der Waals surface area contributed by atoms with Gasteiger partial charge < -0.3 is 22.7 Å². The summed E-state index contributed by atoms with van der Waals surface area (Å²) >= 11 is 0. The number of para-hydroxylation sites is 2. The van der Waals surface area contributed by atoms with Gasteiger partial charge in [-0.2, -0.15) is 0 Å². The van der Waals surface area contributed by atoms with Gasteiger partial charge in [0, 0.05) is 0 Å². The first kappa shape index (κ1) is 11.7. The number of halogens is 1. The standard InChI is InChI=1S/C10H11N3O.BrH/c1-12-7-13(6-10(11)14)9-5-3-2-4-8(9)12;/h2-5,7H,6H2,1H3,(H-,11,14);1H. The average molecular weight is 270 g/mol. The van der Waals surface area contributed by atoms with E-state index in [9.17, 15) is 4.79 Å². The summed E-state index contributed by atoms with van der Waals surface area (Å²) in [5, 5.41) is 0. The van der Waals surface area contributed by atoms with E-state index in [-0.39, 0.29) is 29.4 Å². The van der Waals surface area contributed by atoms with Crippen molar-refractivity contribution in [3.63, 3.8) is 0 Å². The van der Waals surface area contributed by atoms with Crippen molar-refractivity contribution >= 4 is 16.9 Å². The molecular weight excluding hydrogens is 258 g/mol. The molecule has 0 fully saturated rings. The second-order valence-corrected chi connectivity index (χ2v) is 3.31. The van der Waals surface area contributed by atoms with Gasteiger partial charge in [-0.25, -0.2) is 9.13 Å². The van der Waals surface area contributed by atoms with Gasteiger partial charge in [0.05, 0.1) is 7.05 Å². The molecule has 0 unspecified atom stereocenters. The fourth-order valence-corrected chi connectivity index (χ4v) is 1.63. The van der Waals surface area contributed by atoms with E-state index >= 15 is 0 Å². The number of aromatic nitrogens is 2. The molecule has 1 heterocycles. The van der Waals surface area contributed by atoms with Crippen molar-refractivity contribution in [3.8, 4) is 0 Å². The van der Waals surface area contributed by atoms with Crippen LogP contribution in [-0.4, -0.2) is 10.5 Å². The summed E-state index contributed by atoms with van der Waals surface area (Å²) < 4.78 is 3.82. The van der Waals surface area contributed by atoms with Crippen molar-refractivity contribution in [2.45, 2.75) is 6.54 Å². The van der Waals surface area contributed by atoms with Crippen molar-refractivity contribution in [3.05, 3.63) is 30.6 Å². The van der Waals surface area contributed by atoms with E-state index in [2.05, 4.69) is 0 Å². The Hall–Kier alpha value is -1.36.